The number of nitrogens with two attached hydrogens (primary N) is 1. The van der Waals surface area contributed by atoms with Gasteiger partial charge in [-0.05, 0) is 37.3 Å². The number of benzene rings is 1. The fraction of sp³-hybridized carbons (Fsp3) is 0.600. The normalized spacial score (nSPS) is 30.8. The van der Waals surface area contributed by atoms with Crippen LogP contribution in [0.3, 0.4) is 0 Å². The minimum Gasteiger partial charge on any atom is -0.393 e. The Morgan fingerprint density at radius 2 is 1.95 bits per heavy atom. The van der Waals surface area contributed by atoms with Crippen LogP contribution in [0.15, 0.2) is 18.2 Å². The number of hydrogen-bond acceptors (Lipinski definition) is 3. The van der Waals surface area contributed by atoms with Gasteiger partial charge in [0.15, 0.2) is 0 Å². The number of nitrogens with zero attached hydrogens (tertiary/aromatic N) is 1. The number of aliphatic hydroxyl groups excluding tert-OH is 1. The maximum atomic E-state index is 14.0. The summed E-state index contributed by atoms with van der Waals surface area (Å²) in [6.45, 7) is 1.02. The second kappa shape index (κ2) is 5.19. The zero-order valence-corrected chi connectivity index (χ0v) is 11.1. The molecule has 104 valence electrons. The number of halogens is 1. The Hall–Kier alpha value is -0.970. The summed E-state index contributed by atoms with van der Waals surface area (Å²) in [6.07, 6.45) is 3.75. The molecule has 2 unspecified atom stereocenters. The SMILES string of the molecule is NCc1ccc(CN2C3CCC2CC(O)C3)c(F)c1. The maximum absolute atomic E-state index is 14.0. The predicted octanol–water partition coefficient (Wildman–Crippen LogP) is 1.77. The van der Waals surface area contributed by atoms with E-state index >= 15 is 0 Å². The zero-order chi connectivity index (χ0) is 13.4. The van der Waals surface area contributed by atoms with Gasteiger partial charge in [0.2, 0.25) is 0 Å². The molecule has 0 spiro atoms. The van der Waals surface area contributed by atoms with Crippen molar-refractivity contribution >= 4 is 0 Å². The molecule has 1 aromatic rings. The lowest BCUT2D eigenvalue weighted by molar-refractivity contribution is 0.0305. The molecule has 0 saturated carbocycles. The monoisotopic (exact) mass is 264 g/mol. The fourth-order valence-corrected chi connectivity index (χ4v) is 3.55. The molecular formula is C15H21FN2O. The third-order valence-electron chi connectivity index (χ3n) is 4.57. The van der Waals surface area contributed by atoms with Crippen molar-refractivity contribution in [2.45, 2.75) is 57.0 Å². The van der Waals surface area contributed by atoms with Crippen LogP contribution in [-0.2, 0) is 13.1 Å². The first-order valence-corrected chi connectivity index (χ1v) is 7.08. The van der Waals surface area contributed by atoms with Crippen LogP contribution in [0.1, 0.15) is 36.8 Å². The van der Waals surface area contributed by atoms with Gasteiger partial charge < -0.3 is 10.8 Å². The molecule has 2 bridgehead atoms. The number of fused-ring (bicyclic) bond motifs is 2. The van der Waals surface area contributed by atoms with Crippen molar-refractivity contribution in [1.29, 1.82) is 0 Å². The van der Waals surface area contributed by atoms with E-state index in [-0.39, 0.29) is 11.9 Å². The summed E-state index contributed by atoms with van der Waals surface area (Å²) in [7, 11) is 0. The minimum atomic E-state index is -0.168. The summed E-state index contributed by atoms with van der Waals surface area (Å²) in [4.78, 5) is 2.37. The molecule has 2 aliphatic rings. The number of aliphatic hydroxyl groups is 1. The van der Waals surface area contributed by atoms with Gasteiger partial charge in [0.05, 0.1) is 6.10 Å². The number of piperidine rings is 1. The topological polar surface area (TPSA) is 49.5 Å². The Bertz CT molecular complexity index is 451. The first-order chi connectivity index (χ1) is 9.17. The molecule has 2 heterocycles. The first kappa shape index (κ1) is 13.0. The standard InChI is InChI=1S/C15H21FN2O/c16-15-5-10(8-17)1-2-11(15)9-18-12-3-4-13(18)7-14(19)6-12/h1-2,5,12-14,19H,3-4,6-9,17H2. The third kappa shape index (κ3) is 2.53. The van der Waals surface area contributed by atoms with Gasteiger partial charge in [0.1, 0.15) is 5.82 Å². The number of rotatable bonds is 3. The van der Waals surface area contributed by atoms with Crippen molar-refractivity contribution in [2.24, 2.45) is 5.73 Å². The van der Waals surface area contributed by atoms with Crippen molar-refractivity contribution in [3.63, 3.8) is 0 Å². The van der Waals surface area contributed by atoms with Crippen molar-refractivity contribution in [3.8, 4) is 0 Å². The third-order valence-corrected chi connectivity index (χ3v) is 4.57. The highest BCUT2D eigenvalue weighted by molar-refractivity contribution is 5.24. The first-order valence-electron chi connectivity index (χ1n) is 7.08. The lowest BCUT2D eigenvalue weighted by atomic mass is 9.99. The molecule has 3 N–H and O–H groups in total. The molecule has 3 nitrogen and oxygen atoms in total. The minimum absolute atomic E-state index is 0.159. The highest BCUT2D eigenvalue weighted by Crippen LogP contribution is 2.37. The van der Waals surface area contributed by atoms with Gasteiger partial charge in [-0.3, -0.25) is 4.90 Å². The summed E-state index contributed by atoms with van der Waals surface area (Å²) in [6, 6.07) is 6.13. The highest BCUT2D eigenvalue weighted by atomic mass is 19.1. The van der Waals surface area contributed by atoms with Crippen LogP contribution < -0.4 is 5.73 Å². The Labute approximate surface area is 113 Å². The van der Waals surface area contributed by atoms with Crippen LogP contribution >= 0.6 is 0 Å². The van der Waals surface area contributed by atoms with E-state index in [2.05, 4.69) is 4.90 Å². The molecule has 4 heteroatoms. The van der Waals surface area contributed by atoms with Gasteiger partial charge in [-0.1, -0.05) is 12.1 Å². The van der Waals surface area contributed by atoms with Gasteiger partial charge in [0.25, 0.3) is 0 Å². The molecule has 2 fully saturated rings. The van der Waals surface area contributed by atoms with E-state index in [4.69, 9.17) is 5.73 Å². The van der Waals surface area contributed by atoms with Crippen molar-refractivity contribution < 1.29 is 9.50 Å². The molecule has 1 aromatic carbocycles. The average Bonchev–Trinajstić information content (AvgIpc) is 2.63. The molecule has 0 aromatic heterocycles. The Kier molecular flexibility index (Phi) is 3.56. The smallest absolute Gasteiger partial charge is 0.128 e. The Morgan fingerprint density at radius 3 is 2.53 bits per heavy atom. The molecule has 0 aliphatic carbocycles. The second-order valence-electron chi connectivity index (χ2n) is 5.81. The van der Waals surface area contributed by atoms with E-state index in [0.29, 0.717) is 25.2 Å². The molecule has 3 rings (SSSR count). The van der Waals surface area contributed by atoms with E-state index in [9.17, 15) is 9.50 Å². The van der Waals surface area contributed by atoms with Crippen molar-refractivity contribution in [2.75, 3.05) is 0 Å². The Balaban J connectivity index is 1.75. The largest absolute Gasteiger partial charge is 0.393 e. The van der Waals surface area contributed by atoms with Crippen molar-refractivity contribution in [1.82, 2.24) is 4.90 Å². The van der Waals surface area contributed by atoms with Crippen LogP contribution in [0.4, 0.5) is 4.39 Å². The van der Waals surface area contributed by atoms with Crippen molar-refractivity contribution in [3.05, 3.63) is 35.1 Å². The van der Waals surface area contributed by atoms with E-state index in [1.165, 1.54) is 6.07 Å². The lowest BCUT2D eigenvalue weighted by Crippen LogP contribution is -2.44. The zero-order valence-electron chi connectivity index (χ0n) is 11.1. The number of hydrogen-bond donors (Lipinski definition) is 2. The Morgan fingerprint density at radius 1 is 1.26 bits per heavy atom. The molecule has 0 amide bonds. The van der Waals surface area contributed by atoms with Crippen LogP contribution in [0, 0.1) is 5.82 Å². The van der Waals surface area contributed by atoms with Gasteiger partial charge in [-0.25, -0.2) is 4.39 Å². The highest BCUT2D eigenvalue weighted by Gasteiger charge is 2.40. The van der Waals surface area contributed by atoms with Gasteiger partial charge in [0, 0.05) is 30.7 Å². The van der Waals surface area contributed by atoms with Crippen LogP contribution in [0.2, 0.25) is 0 Å². The summed E-state index contributed by atoms with van der Waals surface area (Å²) < 4.78 is 14.0. The van der Waals surface area contributed by atoms with E-state index in [0.717, 1.165) is 36.8 Å². The van der Waals surface area contributed by atoms with E-state index in [1.54, 1.807) is 0 Å². The lowest BCUT2D eigenvalue weighted by Gasteiger charge is -2.37. The van der Waals surface area contributed by atoms with Gasteiger partial charge >= 0.3 is 0 Å². The average molecular weight is 264 g/mol. The molecular weight excluding hydrogens is 243 g/mol. The summed E-state index contributed by atoms with van der Waals surface area (Å²) in [5.74, 6) is -0.159. The summed E-state index contributed by atoms with van der Waals surface area (Å²) >= 11 is 0. The summed E-state index contributed by atoms with van der Waals surface area (Å²) in [5, 5.41) is 9.78. The van der Waals surface area contributed by atoms with Gasteiger partial charge in [-0.15, -0.1) is 0 Å². The second-order valence-corrected chi connectivity index (χ2v) is 5.81. The maximum Gasteiger partial charge on any atom is 0.128 e. The van der Waals surface area contributed by atoms with Crippen LogP contribution in [0.5, 0.6) is 0 Å². The summed E-state index contributed by atoms with van der Waals surface area (Å²) in [5.41, 5.74) is 7.09. The van der Waals surface area contributed by atoms with Crippen LogP contribution in [-0.4, -0.2) is 28.2 Å². The van der Waals surface area contributed by atoms with Crippen LogP contribution in [0.25, 0.3) is 0 Å². The molecule has 2 saturated heterocycles. The predicted molar refractivity (Wildman–Crippen MR) is 71.9 cm³/mol. The molecule has 2 atom stereocenters. The molecule has 2 aliphatic heterocycles. The van der Waals surface area contributed by atoms with E-state index < -0.39 is 0 Å². The quantitative estimate of drug-likeness (QED) is 0.875. The molecule has 19 heavy (non-hydrogen) atoms. The molecule has 0 radical (unpaired) electrons. The fourth-order valence-electron chi connectivity index (χ4n) is 3.55. The van der Waals surface area contributed by atoms with E-state index in [1.807, 2.05) is 12.1 Å². The van der Waals surface area contributed by atoms with Gasteiger partial charge in [-0.2, -0.15) is 0 Å².